The van der Waals surface area contributed by atoms with Gasteiger partial charge in [-0.15, -0.1) is 0 Å². The molecule has 2 amide bonds. The zero-order valence-electron chi connectivity index (χ0n) is 24.2. The lowest BCUT2D eigenvalue weighted by atomic mass is 9.78. The summed E-state index contributed by atoms with van der Waals surface area (Å²) in [5.74, 6) is 1.00. The van der Waals surface area contributed by atoms with Gasteiger partial charge in [0.25, 0.3) is 0 Å². The predicted octanol–water partition coefficient (Wildman–Crippen LogP) is 4.60. The minimum absolute atomic E-state index is 0.0223. The first-order valence-electron chi connectivity index (χ1n) is 14.8. The van der Waals surface area contributed by atoms with Crippen molar-refractivity contribution in [2.45, 2.75) is 75.1 Å². The highest BCUT2D eigenvalue weighted by atomic mass is 32.2. The van der Waals surface area contributed by atoms with Crippen LogP contribution in [0.2, 0.25) is 0 Å². The van der Waals surface area contributed by atoms with Gasteiger partial charge in [0.2, 0.25) is 11.8 Å². The van der Waals surface area contributed by atoms with Gasteiger partial charge in [0, 0.05) is 45.4 Å². The fraction of sp³-hybridized carbons (Fsp3) is 0.562. The highest BCUT2D eigenvalue weighted by molar-refractivity contribution is 7.90. The molecule has 2 aliphatic rings. The van der Waals surface area contributed by atoms with Crippen molar-refractivity contribution in [2.24, 2.45) is 5.92 Å². The van der Waals surface area contributed by atoms with E-state index in [2.05, 4.69) is 40.5 Å². The molecule has 0 aromatic heterocycles. The van der Waals surface area contributed by atoms with E-state index in [1.54, 1.807) is 31.2 Å². The fourth-order valence-electron chi connectivity index (χ4n) is 6.44. The molecule has 2 heterocycles. The third-order valence-corrected chi connectivity index (χ3v) is 10.0. The van der Waals surface area contributed by atoms with E-state index in [1.807, 2.05) is 11.8 Å². The van der Waals surface area contributed by atoms with Crippen LogP contribution >= 0.6 is 0 Å². The topological polar surface area (TPSA) is 86.8 Å². The van der Waals surface area contributed by atoms with E-state index in [4.69, 9.17) is 0 Å². The first-order chi connectivity index (χ1) is 19.2. The number of hydrogen-bond acceptors (Lipinski definition) is 5. The van der Waals surface area contributed by atoms with E-state index in [-0.39, 0.29) is 28.7 Å². The molecule has 40 heavy (non-hydrogen) atoms. The molecular weight excluding hydrogens is 522 g/mol. The van der Waals surface area contributed by atoms with Crippen molar-refractivity contribution in [3.8, 4) is 0 Å². The van der Waals surface area contributed by atoms with Crippen LogP contribution in [0.3, 0.4) is 0 Å². The van der Waals surface area contributed by atoms with E-state index in [1.165, 1.54) is 11.8 Å². The average molecular weight is 568 g/mol. The Balaban J connectivity index is 1.28. The SMILES string of the molecule is CCC(C(=O)NC1CCN(CCC(c2ccccc2)C2CCN(C(C)=O)CC2)CC1)c1ccc(S(C)(=O)=O)cc1. The van der Waals surface area contributed by atoms with E-state index in [0.29, 0.717) is 18.3 Å². The van der Waals surface area contributed by atoms with Gasteiger partial charge in [0.05, 0.1) is 10.8 Å². The molecular formula is C32H45N3O4S. The molecule has 0 saturated carbocycles. The summed E-state index contributed by atoms with van der Waals surface area (Å²) in [5, 5.41) is 3.27. The molecule has 0 bridgehead atoms. The molecule has 7 nitrogen and oxygen atoms in total. The Labute approximate surface area is 240 Å². The van der Waals surface area contributed by atoms with Crippen LogP contribution in [0, 0.1) is 5.92 Å². The lowest BCUT2D eigenvalue weighted by Crippen LogP contribution is -2.46. The van der Waals surface area contributed by atoms with Crippen LogP contribution in [0.25, 0.3) is 0 Å². The number of rotatable bonds is 10. The van der Waals surface area contributed by atoms with Gasteiger partial charge >= 0.3 is 0 Å². The van der Waals surface area contributed by atoms with Crippen LogP contribution in [-0.2, 0) is 19.4 Å². The largest absolute Gasteiger partial charge is 0.353 e. The van der Waals surface area contributed by atoms with Gasteiger partial charge in [0.1, 0.15) is 0 Å². The summed E-state index contributed by atoms with van der Waals surface area (Å²) in [6.45, 7) is 8.34. The van der Waals surface area contributed by atoms with Gasteiger partial charge < -0.3 is 15.1 Å². The first kappa shape index (κ1) is 30.3. The Hall–Kier alpha value is -2.71. The molecule has 2 saturated heterocycles. The average Bonchev–Trinajstić information content (AvgIpc) is 2.95. The van der Waals surface area contributed by atoms with Crippen molar-refractivity contribution in [2.75, 3.05) is 39.0 Å². The number of piperidine rings is 2. The molecule has 8 heteroatoms. The molecule has 0 spiro atoms. The molecule has 2 fully saturated rings. The third-order valence-electron chi connectivity index (χ3n) is 8.91. The maximum absolute atomic E-state index is 13.2. The van der Waals surface area contributed by atoms with Gasteiger partial charge in [0.15, 0.2) is 9.84 Å². The van der Waals surface area contributed by atoms with Gasteiger partial charge in [-0.05, 0) is 80.2 Å². The lowest BCUT2D eigenvalue weighted by Gasteiger charge is -2.38. The first-order valence-corrected chi connectivity index (χ1v) is 16.7. The second-order valence-corrected chi connectivity index (χ2v) is 13.6. The second kappa shape index (κ2) is 13.8. The number of hydrogen-bond donors (Lipinski definition) is 1. The number of carbonyl (C=O) groups is 2. The monoisotopic (exact) mass is 567 g/mol. The van der Waals surface area contributed by atoms with E-state index < -0.39 is 9.84 Å². The van der Waals surface area contributed by atoms with Crippen LogP contribution in [-0.4, -0.2) is 75.1 Å². The van der Waals surface area contributed by atoms with Gasteiger partial charge in [-0.1, -0.05) is 49.4 Å². The van der Waals surface area contributed by atoms with Crippen LogP contribution in [0.1, 0.15) is 75.3 Å². The van der Waals surface area contributed by atoms with E-state index in [0.717, 1.165) is 70.4 Å². The number of amides is 2. The molecule has 1 N–H and O–H groups in total. The van der Waals surface area contributed by atoms with Gasteiger partial charge in [-0.25, -0.2) is 8.42 Å². The highest BCUT2D eigenvalue weighted by Gasteiger charge is 2.30. The Kier molecular flexibility index (Phi) is 10.4. The quantitative estimate of drug-likeness (QED) is 0.454. The summed E-state index contributed by atoms with van der Waals surface area (Å²) in [6, 6.07) is 17.7. The van der Waals surface area contributed by atoms with Crippen LogP contribution in [0.5, 0.6) is 0 Å². The van der Waals surface area contributed by atoms with Crippen LogP contribution in [0.4, 0.5) is 0 Å². The summed E-state index contributed by atoms with van der Waals surface area (Å²) in [4.78, 5) is 29.7. The van der Waals surface area contributed by atoms with Crippen LogP contribution in [0.15, 0.2) is 59.5 Å². The highest BCUT2D eigenvalue weighted by Crippen LogP contribution is 2.36. The normalized spacial score (nSPS) is 19.2. The maximum Gasteiger partial charge on any atom is 0.227 e. The molecule has 0 aliphatic carbocycles. The van der Waals surface area contributed by atoms with Gasteiger partial charge in [-0.2, -0.15) is 0 Å². The molecule has 4 rings (SSSR count). The van der Waals surface area contributed by atoms with E-state index in [9.17, 15) is 18.0 Å². The van der Waals surface area contributed by atoms with E-state index >= 15 is 0 Å². The summed E-state index contributed by atoms with van der Waals surface area (Å²) in [5.41, 5.74) is 2.26. The summed E-state index contributed by atoms with van der Waals surface area (Å²) in [6.07, 6.45) is 6.94. The smallest absolute Gasteiger partial charge is 0.227 e. The minimum atomic E-state index is -3.26. The van der Waals surface area contributed by atoms with Gasteiger partial charge in [-0.3, -0.25) is 9.59 Å². The van der Waals surface area contributed by atoms with Crippen molar-refractivity contribution < 1.29 is 18.0 Å². The lowest BCUT2D eigenvalue weighted by molar-refractivity contribution is -0.130. The Morgan fingerprint density at radius 2 is 1.52 bits per heavy atom. The fourth-order valence-corrected chi connectivity index (χ4v) is 7.07. The second-order valence-electron chi connectivity index (χ2n) is 11.6. The molecule has 2 aromatic carbocycles. The summed E-state index contributed by atoms with van der Waals surface area (Å²) >= 11 is 0. The number of sulfone groups is 1. The van der Waals surface area contributed by atoms with Crippen LogP contribution < -0.4 is 5.32 Å². The molecule has 2 aromatic rings. The summed E-state index contributed by atoms with van der Waals surface area (Å²) in [7, 11) is -3.26. The number of nitrogens with one attached hydrogen (secondary N) is 1. The minimum Gasteiger partial charge on any atom is -0.353 e. The van der Waals surface area contributed by atoms with Crippen molar-refractivity contribution in [3.63, 3.8) is 0 Å². The molecule has 0 radical (unpaired) electrons. The number of benzene rings is 2. The number of likely N-dealkylation sites (tertiary alicyclic amines) is 2. The Bertz CT molecular complexity index is 1220. The summed E-state index contributed by atoms with van der Waals surface area (Å²) < 4.78 is 23.6. The number of nitrogens with zero attached hydrogens (tertiary/aromatic N) is 2. The maximum atomic E-state index is 13.2. The van der Waals surface area contributed by atoms with Crippen molar-refractivity contribution in [1.82, 2.24) is 15.1 Å². The zero-order valence-corrected chi connectivity index (χ0v) is 25.0. The third kappa shape index (κ3) is 7.94. The van der Waals surface area contributed by atoms with Crippen molar-refractivity contribution >= 4 is 21.7 Å². The zero-order chi connectivity index (χ0) is 28.7. The van der Waals surface area contributed by atoms with Crippen molar-refractivity contribution in [1.29, 1.82) is 0 Å². The molecule has 2 aliphatic heterocycles. The Morgan fingerprint density at radius 3 is 2.08 bits per heavy atom. The Morgan fingerprint density at radius 1 is 0.900 bits per heavy atom. The molecule has 2 unspecified atom stereocenters. The van der Waals surface area contributed by atoms with Crippen molar-refractivity contribution in [3.05, 3.63) is 65.7 Å². The number of carbonyl (C=O) groups excluding carboxylic acids is 2. The molecule has 2 atom stereocenters. The standard InChI is InChI=1S/C32H45N3O4S/c1-4-30(26-10-12-29(13-11-26)40(3,38)39)32(37)33-28-16-19-34(20-17-28)21-18-31(25-8-6-5-7-9-25)27-14-22-35(23-15-27)24(2)36/h5-13,27-28,30-31H,4,14-23H2,1-3H3,(H,33,37). The predicted molar refractivity (Wildman–Crippen MR) is 159 cm³/mol. The molecule has 218 valence electrons.